The predicted molar refractivity (Wildman–Crippen MR) is 96.5 cm³/mol. The van der Waals surface area contributed by atoms with Crippen molar-refractivity contribution in [2.75, 3.05) is 5.32 Å². The van der Waals surface area contributed by atoms with Crippen LogP contribution in [0, 0.1) is 0 Å². The van der Waals surface area contributed by atoms with Crippen molar-refractivity contribution in [3.8, 4) is 5.75 Å². The van der Waals surface area contributed by atoms with Gasteiger partial charge in [0.1, 0.15) is 5.75 Å². The van der Waals surface area contributed by atoms with Crippen LogP contribution >= 0.6 is 0 Å². The molecule has 1 N–H and O–H groups in total. The third-order valence-electron chi connectivity index (χ3n) is 3.68. The molecule has 0 spiro atoms. The minimum Gasteiger partial charge on any atom is -0.479 e. The summed E-state index contributed by atoms with van der Waals surface area (Å²) in [5.74, 6) is -0.405. The normalized spacial score (nSPS) is 12.8. The second-order valence-electron chi connectivity index (χ2n) is 5.69. The molecule has 2 atom stereocenters. The fraction of sp³-hybridized carbons (Fsp3) is 0.300. The third kappa shape index (κ3) is 5.64. The molecule has 0 radical (unpaired) electrons. The highest BCUT2D eigenvalue weighted by atomic mass is 16.6. The minimum atomic E-state index is -0.917. The number of ether oxygens (including phenoxy) is 2. The lowest BCUT2D eigenvalue weighted by Gasteiger charge is -2.17. The van der Waals surface area contributed by atoms with Gasteiger partial charge in [-0.1, -0.05) is 37.3 Å². The van der Waals surface area contributed by atoms with Crippen LogP contribution < -0.4 is 10.1 Å². The number of carbonyl (C=O) groups is 2. The van der Waals surface area contributed by atoms with Crippen LogP contribution in [0.15, 0.2) is 54.6 Å². The summed E-state index contributed by atoms with van der Waals surface area (Å²) in [7, 11) is 0. The zero-order chi connectivity index (χ0) is 18.2. The van der Waals surface area contributed by atoms with Gasteiger partial charge in [-0.05, 0) is 50.1 Å². The average Bonchev–Trinajstić information content (AvgIpc) is 2.63. The molecule has 5 heteroatoms. The number of hydrogen-bond acceptors (Lipinski definition) is 4. The molecule has 0 aliphatic carbocycles. The lowest BCUT2D eigenvalue weighted by Crippen LogP contribution is -2.35. The van der Waals surface area contributed by atoms with E-state index in [-0.39, 0.29) is 5.91 Å². The molecule has 2 aromatic carbocycles. The van der Waals surface area contributed by atoms with Crippen LogP contribution in [0.3, 0.4) is 0 Å². The van der Waals surface area contributed by atoms with Gasteiger partial charge in [-0.2, -0.15) is 0 Å². The smallest absolute Gasteiger partial charge is 0.347 e. The zero-order valence-corrected chi connectivity index (χ0v) is 14.7. The first kappa shape index (κ1) is 18.5. The maximum absolute atomic E-state index is 12.2. The van der Waals surface area contributed by atoms with E-state index in [2.05, 4.69) is 12.2 Å². The van der Waals surface area contributed by atoms with E-state index in [9.17, 15) is 9.59 Å². The summed E-state index contributed by atoms with van der Waals surface area (Å²) in [6.07, 6.45) is -0.789. The lowest BCUT2D eigenvalue weighted by atomic mass is 10.1. The Kier molecular flexibility index (Phi) is 6.57. The van der Waals surface area contributed by atoms with Crippen LogP contribution in [0.25, 0.3) is 0 Å². The lowest BCUT2D eigenvalue weighted by molar-refractivity contribution is -0.159. The highest BCUT2D eigenvalue weighted by Crippen LogP contribution is 2.13. The topological polar surface area (TPSA) is 64.6 Å². The third-order valence-corrected chi connectivity index (χ3v) is 3.68. The molecular formula is C20H23NO4. The van der Waals surface area contributed by atoms with Gasteiger partial charge in [0.25, 0.3) is 5.91 Å². The van der Waals surface area contributed by atoms with Crippen molar-refractivity contribution in [2.45, 2.75) is 39.4 Å². The van der Waals surface area contributed by atoms with Crippen molar-refractivity contribution in [1.29, 1.82) is 0 Å². The molecule has 0 saturated heterocycles. The van der Waals surface area contributed by atoms with E-state index in [1.165, 1.54) is 12.5 Å². The monoisotopic (exact) mass is 341 g/mol. The molecule has 1 amide bonds. The first-order valence-electron chi connectivity index (χ1n) is 8.31. The Labute approximate surface area is 148 Å². The van der Waals surface area contributed by atoms with Gasteiger partial charge < -0.3 is 14.8 Å². The molecule has 0 aromatic heterocycles. The second kappa shape index (κ2) is 8.87. The van der Waals surface area contributed by atoms with Crippen molar-refractivity contribution in [1.82, 2.24) is 0 Å². The maximum Gasteiger partial charge on any atom is 0.347 e. The molecule has 0 aliphatic heterocycles. The largest absolute Gasteiger partial charge is 0.479 e. The number of rotatable bonds is 7. The molecule has 0 unspecified atom stereocenters. The van der Waals surface area contributed by atoms with Crippen LogP contribution in [0.2, 0.25) is 0 Å². The van der Waals surface area contributed by atoms with Crippen molar-refractivity contribution in [3.05, 3.63) is 60.2 Å². The summed E-state index contributed by atoms with van der Waals surface area (Å²) in [6, 6.07) is 16.5. The molecule has 0 bridgehead atoms. The number of aryl methyl sites for hydroxylation is 1. The van der Waals surface area contributed by atoms with E-state index >= 15 is 0 Å². The van der Waals surface area contributed by atoms with Crippen LogP contribution in [0.4, 0.5) is 5.69 Å². The number of anilines is 1. The van der Waals surface area contributed by atoms with Gasteiger partial charge >= 0.3 is 5.97 Å². The van der Waals surface area contributed by atoms with Crippen molar-refractivity contribution in [3.63, 3.8) is 0 Å². The van der Waals surface area contributed by atoms with E-state index in [1.54, 1.807) is 19.1 Å². The quantitative estimate of drug-likeness (QED) is 0.782. The molecule has 2 aromatic rings. The van der Waals surface area contributed by atoms with Crippen molar-refractivity contribution in [2.24, 2.45) is 0 Å². The fourth-order valence-electron chi connectivity index (χ4n) is 2.14. The average molecular weight is 341 g/mol. The second-order valence-corrected chi connectivity index (χ2v) is 5.69. The number of hydrogen-bond donors (Lipinski definition) is 1. The molecule has 132 valence electrons. The van der Waals surface area contributed by atoms with Crippen LogP contribution in [-0.4, -0.2) is 24.1 Å². The molecule has 25 heavy (non-hydrogen) atoms. The van der Waals surface area contributed by atoms with Gasteiger partial charge in [0.15, 0.2) is 12.2 Å². The number of carbonyl (C=O) groups excluding carboxylic acids is 2. The number of amides is 1. The summed E-state index contributed by atoms with van der Waals surface area (Å²) < 4.78 is 10.7. The van der Waals surface area contributed by atoms with Crippen molar-refractivity contribution >= 4 is 17.6 Å². The van der Waals surface area contributed by atoms with Gasteiger partial charge in [-0.3, -0.25) is 4.79 Å². The summed E-state index contributed by atoms with van der Waals surface area (Å²) in [5, 5.41) is 2.73. The Balaban J connectivity index is 1.85. The number of benzene rings is 2. The molecule has 0 saturated carbocycles. The highest BCUT2D eigenvalue weighted by Gasteiger charge is 2.23. The van der Waals surface area contributed by atoms with Gasteiger partial charge in [0.05, 0.1) is 0 Å². The Morgan fingerprint density at radius 1 is 0.960 bits per heavy atom. The number of nitrogens with one attached hydrogen (secondary N) is 1. The number of esters is 1. The predicted octanol–water partition coefficient (Wildman–Crippen LogP) is 3.59. The summed E-state index contributed by atoms with van der Waals surface area (Å²) >= 11 is 0. The van der Waals surface area contributed by atoms with Crippen LogP contribution in [0.1, 0.15) is 26.3 Å². The summed E-state index contributed by atoms with van der Waals surface area (Å²) in [6.45, 7) is 5.18. The first-order chi connectivity index (χ1) is 12.0. The Bertz CT molecular complexity index is 697. The minimum absolute atomic E-state index is 0.385. The van der Waals surface area contributed by atoms with Crippen LogP contribution in [0.5, 0.6) is 5.75 Å². The molecule has 0 aliphatic rings. The van der Waals surface area contributed by atoms with Crippen molar-refractivity contribution < 1.29 is 19.1 Å². The summed E-state index contributed by atoms with van der Waals surface area (Å²) in [4.78, 5) is 24.2. The first-order valence-corrected chi connectivity index (χ1v) is 8.31. The Morgan fingerprint density at radius 3 is 2.20 bits per heavy atom. The van der Waals surface area contributed by atoms with Gasteiger partial charge in [0, 0.05) is 5.69 Å². The van der Waals surface area contributed by atoms with E-state index < -0.39 is 18.2 Å². The SMILES string of the molecule is CCc1ccc(NC(=O)[C@H](C)OC(=O)[C@@H](C)Oc2ccccc2)cc1. The van der Waals surface area contributed by atoms with E-state index in [0.717, 1.165) is 6.42 Å². The van der Waals surface area contributed by atoms with Gasteiger partial charge in [-0.25, -0.2) is 4.79 Å². The van der Waals surface area contributed by atoms with E-state index in [4.69, 9.17) is 9.47 Å². The molecule has 5 nitrogen and oxygen atoms in total. The van der Waals surface area contributed by atoms with E-state index in [1.807, 2.05) is 42.5 Å². The standard InChI is InChI=1S/C20H23NO4/c1-4-16-10-12-17(13-11-16)21-19(22)14(2)25-20(23)15(3)24-18-8-6-5-7-9-18/h5-15H,4H2,1-3H3,(H,21,22)/t14-,15+/m0/s1. The van der Waals surface area contributed by atoms with Gasteiger partial charge in [0.2, 0.25) is 0 Å². The van der Waals surface area contributed by atoms with Crippen LogP contribution in [-0.2, 0) is 20.7 Å². The molecule has 0 fully saturated rings. The van der Waals surface area contributed by atoms with Gasteiger partial charge in [-0.15, -0.1) is 0 Å². The zero-order valence-electron chi connectivity index (χ0n) is 14.7. The highest BCUT2D eigenvalue weighted by molar-refractivity contribution is 5.95. The number of para-hydroxylation sites is 1. The maximum atomic E-state index is 12.2. The van der Waals surface area contributed by atoms with E-state index in [0.29, 0.717) is 11.4 Å². The summed E-state index contributed by atoms with van der Waals surface area (Å²) in [5.41, 5.74) is 1.85. The Morgan fingerprint density at radius 2 is 1.60 bits per heavy atom. The molecule has 0 heterocycles. The molecular weight excluding hydrogens is 318 g/mol. The fourth-order valence-corrected chi connectivity index (χ4v) is 2.14. The Hall–Kier alpha value is -2.82. The molecule has 2 rings (SSSR count).